The molecule has 0 aliphatic heterocycles. The highest BCUT2D eigenvalue weighted by molar-refractivity contribution is 6.45. The maximum atomic E-state index is 12.2. The minimum absolute atomic E-state index is 0.412. The summed E-state index contributed by atoms with van der Waals surface area (Å²) in [7, 11) is -0.651. The Hall–Kier alpha value is -1.54. The van der Waals surface area contributed by atoms with Crippen molar-refractivity contribution < 1.29 is 18.2 Å². The van der Waals surface area contributed by atoms with Crippen molar-refractivity contribution in [2.24, 2.45) is 5.10 Å². The van der Waals surface area contributed by atoms with Crippen LogP contribution >= 0.6 is 0 Å². The zero-order valence-electron chi connectivity index (χ0n) is 10.6. The lowest BCUT2D eigenvalue weighted by Gasteiger charge is -2.08. The van der Waals surface area contributed by atoms with E-state index in [0.717, 1.165) is 12.5 Å². The number of rotatable bonds is 5. The van der Waals surface area contributed by atoms with Crippen LogP contribution in [0.5, 0.6) is 0 Å². The molecule has 0 amide bonds. The molecule has 0 heterocycles. The summed E-state index contributed by atoms with van der Waals surface area (Å²) in [5, 5.41) is 15.1. The normalized spacial score (nSPS) is 12.4. The van der Waals surface area contributed by atoms with Gasteiger partial charge >= 0.3 is 13.2 Å². The Morgan fingerprint density at radius 3 is 2.68 bits per heavy atom. The number of halogens is 3. The van der Waals surface area contributed by atoms with Gasteiger partial charge in [0.05, 0.1) is 5.69 Å². The van der Waals surface area contributed by atoms with E-state index in [1.54, 1.807) is 31.1 Å². The van der Waals surface area contributed by atoms with E-state index in [9.17, 15) is 13.2 Å². The molecule has 0 saturated carbocycles. The van der Waals surface area contributed by atoms with Gasteiger partial charge in [-0.2, -0.15) is 18.3 Å². The molecule has 3 N–H and O–H groups in total. The molecule has 0 aliphatic carbocycles. The number of hydrogen-bond donors (Lipinski definition) is 3. The third kappa shape index (κ3) is 5.76. The van der Waals surface area contributed by atoms with Gasteiger partial charge in [0.1, 0.15) is 5.71 Å². The summed E-state index contributed by atoms with van der Waals surface area (Å²) in [6, 6.07) is 6.75. The summed E-state index contributed by atoms with van der Waals surface area (Å²) >= 11 is 0. The summed E-state index contributed by atoms with van der Waals surface area (Å²) in [4.78, 5) is 0. The summed E-state index contributed by atoms with van der Waals surface area (Å²) < 4.78 is 36.7. The second-order valence-corrected chi connectivity index (χ2v) is 4.06. The first-order valence-corrected chi connectivity index (χ1v) is 5.67. The molecule has 0 radical (unpaired) electrons. The molecule has 1 rings (SSSR count). The van der Waals surface area contributed by atoms with Crippen LogP contribution in [0.1, 0.15) is 12.5 Å². The average Bonchev–Trinajstić information content (AvgIpc) is 2.32. The Labute approximate surface area is 109 Å². The van der Waals surface area contributed by atoms with Crippen LogP contribution in [-0.4, -0.2) is 24.0 Å². The molecule has 0 aromatic heterocycles. The van der Waals surface area contributed by atoms with Crippen molar-refractivity contribution in [1.29, 1.82) is 0 Å². The third-order valence-electron chi connectivity index (χ3n) is 2.29. The van der Waals surface area contributed by atoms with Crippen LogP contribution in [-0.2, 0) is 6.54 Å². The first kappa shape index (κ1) is 15.5. The Kier molecular flexibility index (Phi) is 5.37. The number of hydrazone groups is 1. The van der Waals surface area contributed by atoms with E-state index in [0.29, 0.717) is 12.2 Å². The molecular formula is C11H15BF3N3O. The van der Waals surface area contributed by atoms with Crippen LogP contribution in [0.2, 0.25) is 6.82 Å². The first-order chi connectivity index (χ1) is 8.79. The van der Waals surface area contributed by atoms with Crippen LogP contribution in [0.4, 0.5) is 18.9 Å². The molecule has 0 atom stereocenters. The second kappa shape index (κ2) is 6.58. The molecule has 0 bridgehead atoms. The number of nitrogens with one attached hydrogen (secondary N) is 2. The standard InChI is InChI=1S/C11H15BF3N3O/c1-8(11(13,14)15)17-18-10-5-3-4-9(6-10)7-16-12(2)19/h3-6,16,18-19H,7H2,1-2H3/b17-8-. The lowest BCUT2D eigenvalue weighted by molar-refractivity contribution is -0.0592. The van der Waals surface area contributed by atoms with Gasteiger partial charge in [-0.25, -0.2) is 0 Å². The van der Waals surface area contributed by atoms with Crippen molar-refractivity contribution in [3.8, 4) is 0 Å². The zero-order chi connectivity index (χ0) is 14.5. The number of nitrogens with zero attached hydrogens (tertiary/aromatic N) is 1. The van der Waals surface area contributed by atoms with Gasteiger partial charge in [0.15, 0.2) is 0 Å². The van der Waals surface area contributed by atoms with Crippen LogP contribution in [0.15, 0.2) is 29.4 Å². The average molecular weight is 273 g/mol. The number of hydrogen-bond acceptors (Lipinski definition) is 4. The molecule has 104 valence electrons. The highest BCUT2D eigenvalue weighted by atomic mass is 19.4. The maximum Gasteiger partial charge on any atom is 0.430 e. The third-order valence-corrected chi connectivity index (χ3v) is 2.29. The van der Waals surface area contributed by atoms with Crippen molar-refractivity contribution in [2.75, 3.05) is 5.43 Å². The van der Waals surface area contributed by atoms with Crippen LogP contribution in [0, 0.1) is 0 Å². The van der Waals surface area contributed by atoms with E-state index in [2.05, 4.69) is 15.8 Å². The fourth-order valence-electron chi connectivity index (χ4n) is 1.23. The van der Waals surface area contributed by atoms with E-state index in [4.69, 9.17) is 5.02 Å². The van der Waals surface area contributed by atoms with Gasteiger partial charge in [-0.05, 0) is 31.4 Å². The largest absolute Gasteiger partial charge is 0.437 e. The topological polar surface area (TPSA) is 56.6 Å². The Morgan fingerprint density at radius 2 is 2.11 bits per heavy atom. The predicted octanol–water partition coefficient (Wildman–Crippen LogP) is 2.24. The minimum atomic E-state index is -4.43. The summed E-state index contributed by atoms with van der Waals surface area (Å²) in [6.45, 7) is 2.89. The van der Waals surface area contributed by atoms with E-state index in [1.165, 1.54) is 0 Å². The molecule has 0 spiro atoms. The lowest BCUT2D eigenvalue weighted by Crippen LogP contribution is -2.29. The van der Waals surface area contributed by atoms with Gasteiger partial charge < -0.3 is 10.3 Å². The van der Waals surface area contributed by atoms with Crippen LogP contribution < -0.4 is 10.7 Å². The maximum absolute atomic E-state index is 12.2. The number of benzene rings is 1. The monoisotopic (exact) mass is 273 g/mol. The van der Waals surface area contributed by atoms with Gasteiger partial charge in [0.25, 0.3) is 0 Å². The van der Waals surface area contributed by atoms with Crippen LogP contribution in [0.25, 0.3) is 0 Å². The molecule has 1 aromatic carbocycles. The summed E-state index contributed by atoms with van der Waals surface area (Å²) in [6.07, 6.45) is -4.43. The molecule has 19 heavy (non-hydrogen) atoms. The quantitative estimate of drug-likeness (QED) is 0.438. The number of anilines is 1. The molecule has 1 aromatic rings. The Morgan fingerprint density at radius 1 is 1.42 bits per heavy atom. The first-order valence-electron chi connectivity index (χ1n) is 5.67. The Bertz CT molecular complexity index is 449. The van der Waals surface area contributed by atoms with E-state index in [-0.39, 0.29) is 0 Å². The van der Waals surface area contributed by atoms with E-state index in [1.807, 2.05) is 0 Å². The van der Waals surface area contributed by atoms with Gasteiger partial charge in [-0.15, -0.1) is 0 Å². The second-order valence-electron chi connectivity index (χ2n) is 4.06. The molecular weight excluding hydrogens is 258 g/mol. The number of alkyl halides is 3. The lowest BCUT2D eigenvalue weighted by atomic mass is 9.88. The van der Waals surface area contributed by atoms with Crippen molar-refractivity contribution >= 4 is 18.4 Å². The summed E-state index contributed by atoms with van der Waals surface area (Å²) in [5.41, 5.74) is 2.69. The Balaban J connectivity index is 2.67. The molecule has 0 aliphatic rings. The molecule has 4 nitrogen and oxygen atoms in total. The van der Waals surface area contributed by atoms with E-state index >= 15 is 0 Å². The van der Waals surface area contributed by atoms with Crippen molar-refractivity contribution in [3.63, 3.8) is 0 Å². The van der Waals surface area contributed by atoms with Gasteiger partial charge in [0.2, 0.25) is 0 Å². The van der Waals surface area contributed by atoms with Gasteiger partial charge in [-0.3, -0.25) is 5.43 Å². The summed E-state index contributed by atoms with van der Waals surface area (Å²) in [5.74, 6) is 0. The highest BCUT2D eigenvalue weighted by Crippen LogP contribution is 2.17. The smallest absolute Gasteiger partial charge is 0.430 e. The SMILES string of the molecule is CB(O)NCc1cccc(N/N=C(/C)C(F)(F)F)c1. The molecule has 0 unspecified atom stereocenters. The highest BCUT2D eigenvalue weighted by Gasteiger charge is 2.32. The van der Waals surface area contributed by atoms with Gasteiger partial charge in [-0.1, -0.05) is 12.1 Å². The van der Waals surface area contributed by atoms with E-state index < -0.39 is 18.9 Å². The minimum Gasteiger partial charge on any atom is -0.437 e. The molecule has 0 saturated heterocycles. The zero-order valence-corrected chi connectivity index (χ0v) is 10.6. The fourth-order valence-corrected chi connectivity index (χ4v) is 1.23. The fraction of sp³-hybridized carbons (Fsp3) is 0.364. The van der Waals surface area contributed by atoms with Crippen molar-refractivity contribution in [2.45, 2.75) is 26.5 Å². The predicted molar refractivity (Wildman–Crippen MR) is 69.9 cm³/mol. The molecule has 0 fully saturated rings. The molecule has 8 heteroatoms. The van der Waals surface area contributed by atoms with Crippen LogP contribution in [0.3, 0.4) is 0 Å². The van der Waals surface area contributed by atoms with Crippen molar-refractivity contribution in [1.82, 2.24) is 5.23 Å². The van der Waals surface area contributed by atoms with Crippen molar-refractivity contribution in [3.05, 3.63) is 29.8 Å². The van der Waals surface area contributed by atoms with Gasteiger partial charge in [0, 0.05) is 6.54 Å².